The van der Waals surface area contributed by atoms with E-state index in [-0.39, 0.29) is 18.8 Å². The first-order valence-electron chi connectivity index (χ1n) is 5.59. The van der Waals surface area contributed by atoms with Crippen LogP contribution in [0.2, 0.25) is 0 Å². The highest BCUT2D eigenvalue weighted by molar-refractivity contribution is 4.98. The van der Waals surface area contributed by atoms with Crippen molar-refractivity contribution in [3.8, 4) is 0 Å². The number of rotatable bonds is 2. The number of halogens is 6. The van der Waals surface area contributed by atoms with E-state index in [2.05, 4.69) is 0 Å². The molecule has 0 spiro atoms. The SMILES string of the molecule is CC1CCC(C)(C(F)(F)C(F)C(F)(F)F)CC1. The second-order valence-electron chi connectivity index (χ2n) is 5.27. The zero-order valence-electron chi connectivity index (χ0n) is 9.75. The molecule has 0 radical (unpaired) electrons. The highest BCUT2D eigenvalue weighted by atomic mass is 19.4. The minimum Gasteiger partial charge on any atom is -0.231 e. The van der Waals surface area contributed by atoms with Crippen LogP contribution in [-0.4, -0.2) is 18.3 Å². The minimum atomic E-state index is -5.50. The van der Waals surface area contributed by atoms with Crippen LogP contribution in [0.25, 0.3) is 0 Å². The highest BCUT2D eigenvalue weighted by Gasteiger charge is 2.65. The van der Waals surface area contributed by atoms with Crippen LogP contribution >= 0.6 is 0 Å². The molecule has 1 saturated carbocycles. The molecule has 1 atom stereocenters. The van der Waals surface area contributed by atoms with Gasteiger partial charge in [-0.1, -0.05) is 13.8 Å². The molecule has 0 bridgehead atoms. The van der Waals surface area contributed by atoms with Gasteiger partial charge in [0.2, 0.25) is 0 Å². The Morgan fingerprint density at radius 2 is 1.47 bits per heavy atom. The lowest BCUT2D eigenvalue weighted by molar-refractivity contribution is -0.279. The lowest BCUT2D eigenvalue weighted by Gasteiger charge is -2.43. The zero-order chi connectivity index (χ0) is 13.5. The van der Waals surface area contributed by atoms with Gasteiger partial charge in [-0.05, 0) is 31.6 Å². The molecule has 0 aromatic carbocycles. The Labute approximate surface area is 96.4 Å². The van der Waals surface area contributed by atoms with Crippen LogP contribution in [0, 0.1) is 11.3 Å². The molecule has 6 heteroatoms. The average Bonchev–Trinajstić information content (AvgIpc) is 2.20. The average molecular weight is 262 g/mol. The molecule has 0 aromatic heterocycles. The van der Waals surface area contributed by atoms with Crippen molar-refractivity contribution in [3.63, 3.8) is 0 Å². The third kappa shape index (κ3) is 2.71. The van der Waals surface area contributed by atoms with Gasteiger partial charge in [0.1, 0.15) is 0 Å². The van der Waals surface area contributed by atoms with Crippen LogP contribution in [0.3, 0.4) is 0 Å². The summed E-state index contributed by atoms with van der Waals surface area (Å²) in [6.45, 7) is 2.91. The zero-order valence-corrected chi connectivity index (χ0v) is 9.75. The fourth-order valence-electron chi connectivity index (χ4n) is 2.24. The molecule has 0 nitrogen and oxygen atoms in total. The Morgan fingerprint density at radius 1 is 1.06 bits per heavy atom. The van der Waals surface area contributed by atoms with Gasteiger partial charge < -0.3 is 0 Å². The van der Waals surface area contributed by atoms with Gasteiger partial charge >= 0.3 is 6.18 Å². The van der Waals surface area contributed by atoms with E-state index in [9.17, 15) is 26.3 Å². The maximum absolute atomic E-state index is 13.6. The first-order chi connectivity index (χ1) is 7.51. The van der Waals surface area contributed by atoms with Crippen LogP contribution < -0.4 is 0 Å². The Bertz CT molecular complexity index is 262. The van der Waals surface area contributed by atoms with E-state index in [1.807, 2.05) is 6.92 Å². The number of hydrogen-bond acceptors (Lipinski definition) is 0. The summed E-state index contributed by atoms with van der Waals surface area (Å²) in [5, 5.41) is 0. The maximum Gasteiger partial charge on any atom is 0.425 e. The number of alkyl halides is 6. The van der Waals surface area contributed by atoms with Crippen LogP contribution in [-0.2, 0) is 0 Å². The van der Waals surface area contributed by atoms with E-state index in [0.29, 0.717) is 12.8 Å². The summed E-state index contributed by atoms with van der Waals surface area (Å²) in [6.07, 6.45) is -8.90. The van der Waals surface area contributed by atoms with E-state index in [4.69, 9.17) is 0 Å². The molecule has 1 rings (SSSR count). The Kier molecular flexibility index (Phi) is 3.75. The molecule has 102 valence electrons. The van der Waals surface area contributed by atoms with Crippen molar-refractivity contribution in [1.82, 2.24) is 0 Å². The fraction of sp³-hybridized carbons (Fsp3) is 1.00. The summed E-state index contributed by atoms with van der Waals surface area (Å²) in [6, 6.07) is 0. The van der Waals surface area contributed by atoms with Gasteiger partial charge in [-0.15, -0.1) is 0 Å². The van der Waals surface area contributed by atoms with Gasteiger partial charge in [0.25, 0.3) is 12.1 Å². The quantitative estimate of drug-likeness (QED) is 0.630. The van der Waals surface area contributed by atoms with E-state index < -0.39 is 23.7 Å². The van der Waals surface area contributed by atoms with Crippen molar-refractivity contribution in [3.05, 3.63) is 0 Å². The molecule has 0 N–H and O–H groups in total. The Balaban J connectivity index is 2.89. The van der Waals surface area contributed by atoms with Gasteiger partial charge in [0.05, 0.1) is 0 Å². The highest BCUT2D eigenvalue weighted by Crippen LogP contribution is 2.53. The van der Waals surface area contributed by atoms with Gasteiger partial charge in [0, 0.05) is 5.41 Å². The van der Waals surface area contributed by atoms with Crippen molar-refractivity contribution in [1.29, 1.82) is 0 Å². The van der Waals surface area contributed by atoms with Crippen LogP contribution in [0.4, 0.5) is 26.3 Å². The monoisotopic (exact) mass is 262 g/mol. The van der Waals surface area contributed by atoms with Gasteiger partial charge in [0.15, 0.2) is 0 Å². The second-order valence-corrected chi connectivity index (χ2v) is 5.27. The second kappa shape index (κ2) is 4.35. The largest absolute Gasteiger partial charge is 0.425 e. The molecule has 1 unspecified atom stereocenters. The van der Waals surface area contributed by atoms with Crippen LogP contribution in [0.5, 0.6) is 0 Å². The van der Waals surface area contributed by atoms with Crippen molar-refractivity contribution in [2.45, 2.75) is 57.8 Å². The summed E-state index contributed by atoms with van der Waals surface area (Å²) in [4.78, 5) is 0. The van der Waals surface area contributed by atoms with Gasteiger partial charge in [-0.3, -0.25) is 0 Å². The van der Waals surface area contributed by atoms with Crippen molar-refractivity contribution in [2.24, 2.45) is 11.3 Å². The molecule has 0 aliphatic heterocycles. The summed E-state index contributed by atoms with van der Waals surface area (Å²) >= 11 is 0. The molecular formula is C11H16F6. The topological polar surface area (TPSA) is 0 Å². The van der Waals surface area contributed by atoms with Crippen LogP contribution in [0.15, 0.2) is 0 Å². The lowest BCUT2D eigenvalue weighted by atomic mass is 9.67. The molecule has 1 aliphatic rings. The smallest absolute Gasteiger partial charge is 0.231 e. The predicted octanol–water partition coefficient (Wildman–Crippen LogP) is 4.74. The maximum atomic E-state index is 13.6. The van der Waals surface area contributed by atoms with E-state index >= 15 is 0 Å². The lowest BCUT2D eigenvalue weighted by Crippen LogP contribution is -2.53. The first kappa shape index (κ1) is 14.6. The summed E-state index contributed by atoms with van der Waals surface area (Å²) in [5.74, 6) is -4.14. The van der Waals surface area contributed by atoms with Crippen LogP contribution in [0.1, 0.15) is 39.5 Å². The molecule has 17 heavy (non-hydrogen) atoms. The molecule has 0 amide bonds. The molecule has 1 fully saturated rings. The molecule has 1 aliphatic carbocycles. The molecule has 0 heterocycles. The fourth-order valence-corrected chi connectivity index (χ4v) is 2.24. The van der Waals surface area contributed by atoms with E-state index in [0.717, 1.165) is 6.92 Å². The summed E-state index contributed by atoms with van der Waals surface area (Å²) < 4.78 is 76.4. The Morgan fingerprint density at radius 3 is 1.82 bits per heavy atom. The van der Waals surface area contributed by atoms with Crippen molar-refractivity contribution in [2.75, 3.05) is 0 Å². The summed E-state index contributed by atoms with van der Waals surface area (Å²) in [7, 11) is 0. The molecule has 0 saturated heterocycles. The Hall–Kier alpha value is -0.420. The molecular weight excluding hydrogens is 246 g/mol. The van der Waals surface area contributed by atoms with E-state index in [1.165, 1.54) is 0 Å². The predicted molar refractivity (Wildman–Crippen MR) is 51.6 cm³/mol. The first-order valence-corrected chi connectivity index (χ1v) is 5.59. The normalized spacial score (nSPS) is 33.5. The van der Waals surface area contributed by atoms with Gasteiger partial charge in [-0.2, -0.15) is 13.2 Å². The standard InChI is InChI=1S/C11H16F6/c1-7-3-5-9(2,6-4-7)10(13,14)8(12)11(15,16)17/h7-8H,3-6H2,1-2H3. The third-order valence-corrected chi connectivity index (χ3v) is 3.79. The van der Waals surface area contributed by atoms with Crippen molar-refractivity contribution >= 4 is 0 Å². The molecule has 0 aromatic rings. The summed E-state index contributed by atoms with van der Waals surface area (Å²) in [5.41, 5.74) is -1.89. The minimum absolute atomic E-state index is 0.0718. The van der Waals surface area contributed by atoms with Gasteiger partial charge in [-0.25, -0.2) is 13.2 Å². The third-order valence-electron chi connectivity index (χ3n) is 3.79. The number of hydrogen-bond donors (Lipinski definition) is 0. The van der Waals surface area contributed by atoms with Crippen molar-refractivity contribution < 1.29 is 26.3 Å². The van der Waals surface area contributed by atoms with E-state index in [1.54, 1.807) is 0 Å².